The van der Waals surface area contributed by atoms with Gasteiger partial charge in [-0.15, -0.1) is 0 Å². The van der Waals surface area contributed by atoms with Gasteiger partial charge in [0.15, 0.2) is 0 Å². The Hall–Kier alpha value is -3.19. The van der Waals surface area contributed by atoms with Crippen LogP contribution in [0.2, 0.25) is 0 Å². The standard InChI is InChI=1S/C24H26N4O3/c1-14-12-25-24(30-3)15(2)21(14)16-6-7-18-20(11-16)27-23(29)19-13-26-28(22(18)19)17-5-4-9-31-10-8-17/h6-7,11-13,17H,4-5,8-10H2,1-3H3,(H,27,29). The van der Waals surface area contributed by atoms with Crippen molar-refractivity contribution in [3.05, 3.63) is 52.1 Å². The Morgan fingerprint density at radius 3 is 2.87 bits per heavy atom. The molecule has 0 radical (unpaired) electrons. The van der Waals surface area contributed by atoms with E-state index in [0.29, 0.717) is 11.3 Å². The van der Waals surface area contributed by atoms with E-state index < -0.39 is 0 Å². The molecule has 0 saturated carbocycles. The first kappa shape index (κ1) is 19.8. The number of benzene rings is 1. The fourth-order valence-electron chi connectivity index (χ4n) is 4.77. The van der Waals surface area contributed by atoms with E-state index in [-0.39, 0.29) is 11.6 Å². The third-order valence-corrected chi connectivity index (χ3v) is 6.28. The first-order valence-corrected chi connectivity index (χ1v) is 10.7. The molecular formula is C24H26N4O3. The molecule has 31 heavy (non-hydrogen) atoms. The summed E-state index contributed by atoms with van der Waals surface area (Å²) in [7, 11) is 1.63. The van der Waals surface area contributed by atoms with E-state index in [1.54, 1.807) is 13.3 Å². The third kappa shape index (κ3) is 3.29. The van der Waals surface area contributed by atoms with Crippen molar-refractivity contribution in [2.45, 2.75) is 39.2 Å². The summed E-state index contributed by atoms with van der Waals surface area (Å²) < 4.78 is 13.1. The monoisotopic (exact) mass is 418 g/mol. The van der Waals surface area contributed by atoms with E-state index in [0.717, 1.165) is 71.1 Å². The van der Waals surface area contributed by atoms with E-state index in [9.17, 15) is 4.79 Å². The number of nitrogens with one attached hydrogen (secondary N) is 1. The summed E-state index contributed by atoms with van der Waals surface area (Å²) in [5.41, 5.74) is 5.72. The second-order valence-corrected chi connectivity index (χ2v) is 8.21. The van der Waals surface area contributed by atoms with Crippen molar-refractivity contribution < 1.29 is 9.47 Å². The van der Waals surface area contributed by atoms with Gasteiger partial charge in [-0.3, -0.25) is 9.48 Å². The molecule has 1 fully saturated rings. The Kier molecular flexibility index (Phi) is 4.98. The van der Waals surface area contributed by atoms with E-state index in [1.807, 2.05) is 30.8 Å². The molecule has 7 nitrogen and oxygen atoms in total. The number of ether oxygens (including phenoxy) is 2. The van der Waals surface area contributed by atoms with Gasteiger partial charge in [-0.25, -0.2) is 4.98 Å². The van der Waals surface area contributed by atoms with Crippen LogP contribution >= 0.6 is 0 Å². The van der Waals surface area contributed by atoms with E-state index in [4.69, 9.17) is 9.47 Å². The molecule has 1 saturated heterocycles. The lowest BCUT2D eigenvalue weighted by Gasteiger charge is -2.17. The minimum Gasteiger partial charge on any atom is -0.481 e. The summed E-state index contributed by atoms with van der Waals surface area (Å²) in [4.78, 5) is 20.3. The molecule has 0 bridgehead atoms. The number of pyridine rings is 2. The van der Waals surface area contributed by atoms with Gasteiger partial charge in [-0.2, -0.15) is 5.10 Å². The molecule has 5 rings (SSSR count). The number of hydrogen-bond donors (Lipinski definition) is 1. The molecular weight excluding hydrogens is 392 g/mol. The normalized spacial score (nSPS) is 17.2. The molecule has 0 aliphatic carbocycles. The second-order valence-electron chi connectivity index (χ2n) is 8.21. The maximum Gasteiger partial charge on any atom is 0.259 e. The van der Waals surface area contributed by atoms with Crippen LogP contribution in [0.4, 0.5) is 0 Å². The lowest BCUT2D eigenvalue weighted by molar-refractivity contribution is 0.141. The SMILES string of the molecule is COc1ncc(C)c(-c2ccc3c(c2)[nH]c(=O)c2cnn(C4CCCOCC4)c23)c1C. The minimum absolute atomic E-state index is 0.114. The van der Waals surface area contributed by atoms with Gasteiger partial charge in [0.2, 0.25) is 5.88 Å². The number of nitrogens with zero attached hydrogens (tertiary/aromatic N) is 3. The molecule has 1 aliphatic rings. The van der Waals surface area contributed by atoms with Crippen LogP contribution in [-0.4, -0.2) is 40.1 Å². The Balaban J connectivity index is 1.72. The number of H-pyrrole nitrogens is 1. The molecule has 4 aromatic rings. The summed E-state index contributed by atoms with van der Waals surface area (Å²) in [5.74, 6) is 0.610. The number of aromatic amines is 1. The maximum absolute atomic E-state index is 12.9. The van der Waals surface area contributed by atoms with Gasteiger partial charge in [0.05, 0.1) is 35.8 Å². The van der Waals surface area contributed by atoms with E-state index >= 15 is 0 Å². The average molecular weight is 418 g/mol. The summed E-state index contributed by atoms with van der Waals surface area (Å²) in [6.45, 7) is 5.55. The lowest BCUT2D eigenvalue weighted by atomic mass is 9.96. The summed E-state index contributed by atoms with van der Waals surface area (Å²) in [5, 5.41) is 6.25. The fourth-order valence-corrected chi connectivity index (χ4v) is 4.77. The first-order chi connectivity index (χ1) is 15.1. The lowest BCUT2D eigenvalue weighted by Crippen LogP contribution is -2.13. The number of fused-ring (bicyclic) bond motifs is 3. The van der Waals surface area contributed by atoms with Crippen molar-refractivity contribution in [2.75, 3.05) is 20.3 Å². The zero-order valence-corrected chi connectivity index (χ0v) is 18.1. The van der Waals surface area contributed by atoms with E-state index in [2.05, 4.69) is 27.2 Å². The number of methoxy groups -OCH3 is 1. The first-order valence-electron chi connectivity index (χ1n) is 10.7. The van der Waals surface area contributed by atoms with Crippen molar-refractivity contribution >= 4 is 21.8 Å². The molecule has 1 N–H and O–H groups in total. The van der Waals surface area contributed by atoms with Gasteiger partial charge < -0.3 is 14.5 Å². The number of rotatable bonds is 3. The predicted octanol–water partition coefficient (Wildman–Crippen LogP) is 4.31. The molecule has 1 aromatic carbocycles. The summed E-state index contributed by atoms with van der Waals surface area (Å²) in [6, 6.07) is 6.46. The minimum atomic E-state index is -0.114. The third-order valence-electron chi connectivity index (χ3n) is 6.28. The smallest absolute Gasteiger partial charge is 0.259 e. The zero-order valence-electron chi connectivity index (χ0n) is 18.1. The highest BCUT2D eigenvalue weighted by Gasteiger charge is 2.21. The van der Waals surface area contributed by atoms with Crippen molar-refractivity contribution in [2.24, 2.45) is 0 Å². The van der Waals surface area contributed by atoms with Crippen LogP contribution in [0.15, 0.2) is 35.4 Å². The predicted molar refractivity (Wildman–Crippen MR) is 121 cm³/mol. The van der Waals surface area contributed by atoms with E-state index in [1.165, 1.54) is 0 Å². The van der Waals surface area contributed by atoms with Crippen LogP contribution in [0.3, 0.4) is 0 Å². The highest BCUT2D eigenvalue weighted by Crippen LogP contribution is 2.34. The van der Waals surface area contributed by atoms with Gasteiger partial charge in [0, 0.05) is 30.4 Å². The Labute approximate surface area is 180 Å². The highest BCUT2D eigenvalue weighted by molar-refractivity contribution is 6.04. The summed E-state index contributed by atoms with van der Waals surface area (Å²) >= 11 is 0. The van der Waals surface area contributed by atoms with Gasteiger partial charge in [-0.05, 0) is 55.9 Å². The molecule has 1 aliphatic heterocycles. The van der Waals surface area contributed by atoms with Crippen LogP contribution < -0.4 is 10.3 Å². The Morgan fingerprint density at radius 1 is 1.16 bits per heavy atom. The van der Waals surface area contributed by atoms with Crippen LogP contribution in [-0.2, 0) is 4.74 Å². The molecule has 4 heterocycles. The number of aromatic nitrogens is 4. The number of aryl methyl sites for hydroxylation is 1. The molecule has 1 atom stereocenters. The quantitative estimate of drug-likeness (QED) is 0.536. The highest BCUT2D eigenvalue weighted by atomic mass is 16.5. The number of hydrogen-bond acceptors (Lipinski definition) is 5. The van der Waals surface area contributed by atoms with Gasteiger partial charge in [-0.1, -0.05) is 12.1 Å². The molecule has 160 valence electrons. The molecule has 1 unspecified atom stereocenters. The second kappa shape index (κ2) is 7.81. The Morgan fingerprint density at radius 2 is 2.03 bits per heavy atom. The van der Waals surface area contributed by atoms with Crippen molar-refractivity contribution in [3.8, 4) is 17.0 Å². The largest absolute Gasteiger partial charge is 0.481 e. The van der Waals surface area contributed by atoms with Crippen LogP contribution in [0.5, 0.6) is 5.88 Å². The maximum atomic E-state index is 12.9. The average Bonchev–Trinajstić information content (AvgIpc) is 3.03. The molecule has 7 heteroatoms. The molecule has 0 amide bonds. The topological polar surface area (TPSA) is 82.0 Å². The van der Waals surface area contributed by atoms with Crippen LogP contribution in [0.1, 0.15) is 36.4 Å². The summed E-state index contributed by atoms with van der Waals surface area (Å²) in [6.07, 6.45) is 6.41. The van der Waals surface area contributed by atoms with Crippen molar-refractivity contribution in [3.63, 3.8) is 0 Å². The van der Waals surface area contributed by atoms with Crippen LogP contribution in [0, 0.1) is 13.8 Å². The van der Waals surface area contributed by atoms with Gasteiger partial charge >= 0.3 is 0 Å². The fraction of sp³-hybridized carbons (Fsp3) is 0.375. The Bertz CT molecular complexity index is 1330. The zero-order chi connectivity index (χ0) is 21.5. The molecule has 0 spiro atoms. The van der Waals surface area contributed by atoms with Gasteiger partial charge in [0.1, 0.15) is 0 Å². The molecule has 3 aromatic heterocycles. The van der Waals surface area contributed by atoms with Crippen molar-refractivity contribution in [1.29, 1.82) is 0 Å². The van der Waals surface area contributed by atoms with Crippen molar-refractivity contribution in [1.82, 2.24) is 19.7 Å². The van der Waals surface area contributed by atoms with Crippen LogP contribution in [0.25, 0.3) is 32.9 Å². The van der Waals surface area contributed by atoms with Gasteiger partial charge in [0.25, 0.3) is 5.56 Å².